The highest BCUT2D eigenvalue weighted by Crippen LogP contribution is 2.37. The van der Waals surface area contributed by atoms with Crippen molar-refractivity contribution in [3.05, 3.63) is 77.4 Å². The van der Waals surface area contributed by atoms with Crippen molar-refractivity contribution in [1.29, 1.82) is 0 Å². The van der Waals surface area contributed by atoms with Gasteiger partial charge in [-0.3, -0.25) is 9.52 Å². The van der Waals surface area contributed by atoms with E-state index in [0.717, 1.165) is 39.5 Å². The van der Waals surface area contributed by atoms with Crippen LogP contribution in [0.25, 0.3) is 16.3 Å². The summed E-state index contributed by atoms with van der Waals surface area (Å²) >= 11 is 0. The molecule has 154 valence electrons. The van der Waals surface area contributed by atoms with Crippen LogP contribution < -0.4 is 4.72 Å². The molecular weight excluding hydrogens is 396 g/mol. The van der Waals surface area contributed by atoms with Crippen molar-refractivity contribution in [3.8, 4) is 0 Å². The van der Waals surface area contributed by atoms with E-state index in [9.17, 15) is 13.2 Å². The second-order valence-corrected chi connectivity index (χ2v) is 9.53. The molecule has 5 nitrogen and oxygen atoms in total. The van der Waals surface area contributed by atoms with Gasteiger partial charge in [0.1, 0.15) is 0 Å². The minimum atomic E-state index is -3.78. The molecule has 0 aliphatic heterocycles. The van der Waals surface area contributed by atoms with Gasteiger partial charge in [-0.1, -0.05) is 48.0 Å². The predicted molar refractivity (Wildman–Crippen MR) is 121 cm³/mol. The summed E-state index contributed by atoms with van der Waals surface area (Å²) in [6.45, 7) is 2.00. The zero-order valence-electron chi connectivity index (χ0n) is 17.3. The SMILES string of the molecule is CC1=C(CC(=O)N(C)C)c2cc(S(=O)(=O)Nc3cccc4ccccc34)ccc2C1. The number of amides is 1. The van der Waals surface area contributed by atoms with Gasteiger partial charge in [0.25, 0.3) is 10.0 Å². The third kappa shape index (κ3) is 3.71. The lowest BCUT2D eigenvalue weighted by molar-refractivity contribution is -0.127. The average Bonchev–Trinajstić information content (AvgIpc) is 3.02. The molecule has 0 unspecified atom stereocenters. The van der Waals surface area contributed by atoms with Crippen molar-refractivity contribution in [2.75, 3.05) is 18.8 Å². The van der Waals surface area contributed by atoms with Gasteiger partial charge in [-0.2, -0.15) is 0 Å². The van der Waals surface area contributed by atoms with E-state index < -0.39 is 10.0 Å². The van der Waals surface area contributed by atoms with Crippen LogP contribution in [-0.2, 0) is 21.2 Å². The molecule has 0 bridgehead atoms. The van der Waals surface area contributed by atoms with Crippen LogP contribution in [0.4, 0.5) is 5.69 Å². The molecule has 0 saturated carbocycles. The summed E-state index contributed by atoms with van der Waals surface area (Å²) in [5.74, 6) is -0.000611. The summed E-state index contributed by atoms with van der Waals surface area (Å²) in [6, 6.07) is 18.4. The minimum Gasteiger partial charge on any atom is -0.349 e. The fourth-order valence-electron chi connectivity index (χ4n) is 3.85. The molecule has 1 aliphatic rings. The summed E-state index contributed by atoms with van der Waals surface area (Å²) in [6.07, 6.45) is 1.01. The molecule has 3 aromatic carbocycles. The second-order valence-electron chi connectivity index (χ2n) is 7.85. The standard InChI is InChI=1S/C24H24N2O3S/c1-16-13-18-11-12-19(14-22(18)21(16)15-24(27)26(2)3)30(28,29)25-23-10-6-8-17-7-4-5-9-20(17)23/h4-12,14,25H,13,15H2,1-3H3. The summed E-state index contributed by atoms with van der Waals surface area (Å²) in [7, 11) is -0.329. The molecule has 30 heavy (non-hydrogen) atoms. The largest absolute Gasteiger partial charge is 0.349 e. The Morgan fingerprint density at radius 1 is 1.03 bits per heavy atom. The molecule has 0 saturated heterocycles. The Bertz CT molecular complexity index is 1290. The Labute approximate surface area is 177 Å². The number of rotatable bonds is 5. The van der Waals surface area contributed by atoms with Gasteiger partial charge in [0.15, 0.2) is 0 Å². The molecule has 0 atom stereocenters. The molecule has 1 amide bonds. The summed E-state index contributed by atoms with van der Waals surface area (Å²) < 4.78 is 29.1. The Balaban J connectivity index is 1.70. The van der Waals surface area contributed by atoms with E-state index in [2.05, 4.69) is 4.72 Å². The lowest BCUT2D eigenvalue weighted by Crippen LogP contribution is -2.21. The van der Waals surface area contributed by atoms with Crippen LogP contribution in [0.15, 0.2) is 71.1 Å². The van der Waals surface area contributed by atoms with Crippen molar-refractivity contribution in [2.45, 2.75) is 24.7 Å². The first-order chi connectivity index (χ1) is 14.3. The number of sulfonamides is 1. The highest BCUT2D eigenvalue weighted by Gasteiger charge is 2.25. The van der Waals surface area contributed by atoms with Crippen LogP contribution in [0.1, 0.15) is 24.5 Å². The van der Waals surface area contributed by atoms with Crippen molar-refractivity contribution < 1.29 is 13.2 Å². The molecule has 0 spiro atoms. The van der Waals surface area contributed by atoms with Gasteiger partial charge < -0.3 is 4.90 Å². The average molecular weight is 421 g/mol. The number of allylic oxidation sites excluding steroid dienone is 1. The molecule has 3 aromatic rings. The molecular formula is C24H24N2O3S. The van der Waals surface area contributed by atoms with E-state index in [1.807, 2.05) is 49.4 Å². The van der Waals surface area contributed by atoms with Gasteiger partial charge in [-0.05, 0) is 53.6 Å². The van der Waals surface area contributed by atoms with E-state index >= 15 is 0 Å². The van der Waals surface area contributed by atoms with Crippen LogP contribution in [0, 0.1) is 0 Å². The van der Waals surface area contributed by atoms with Crippen molar-refractivity contribution in [1.82, 2.24) is 4.90 Å². The fourth-order valence-corrected chi connectivity index (χ4v) is 4.96. The van der Waals surface area contributed by atoms with Crippen LogP contribution in [-0.4, -0.2) is 33.3 Å². The van der Waals surface area contributed by atoms with Crippen LogP contribution in [0.3, 0.4) is 0 Å². The molecule has 6 heteroatoms. The third-order valence-corrected chi connectivity index (χ3v) is 6.91. The van der Waals surface area contributed by atoms with E-state index in [-0.39, 0.29) is 17.2 Å². The zero-order chi connectivity index (χ0) is 21.5. The van der Waals surface area contributed by atoms with Gasteiger partial charge in [-0.15, -0.1) is 0 Å². The number of carbonyl (C=O) groups excluding carboxylic acids is 1. The summed E-state index contributed by atoms with van der Waals surface area (Å²) in [5, 5.41) is 1.81. The highest BCUT2D eigenvalue weighted by atomic mass is 32.2. The van der Waals surface area contributed by atoms with E-state index in [1.165, 1.54) is 0 Å². The lowest BCUT2D eigenvalue weighted by atomic mass is 10.0. The fraction of sp³-hybridized carbons (Fsp3) is 0.208. The number of nitrogens with zero attached hydrogens (tertiary/aromatic N) is 1. The third-order valence-electron chi connectivity index (χ3n) is 5.55. The molecule has 0 radical (unpaired) electrons. The number of nitrogens with one attached hydrogen (secondary N) is 1. The van der Waals surface area contributed by atoms with Gasteiger partial charge in [0, 0.05) is 19.5 Å². The van der Waals surface area contributed by atoms with Gasteiger partial charge >= 0.3 is 0 Å². The van der Waals surface area contributed by atoms with Crippen LogP contribution in [0.5, 0.6) is 0 Å². The smallest absolute Gasteiger partial charge is 0.261 e. The Hall–Kier alpha value is -3.12. The maximum atomic E-state index is 13.2. The maximum Gasteiger partial charge on any atom is 0.261 e. The first-order valence-corrected chi connectivity index (χ1v) is 11.3. The zero-order valence-corrected chi connectivity index (χ0v) is 18.1. The molecule has 0 fully saturated rings. The van der Waals surface area contributed by atoms with E-state index in [0.29, 0.717) is 5.69 Å². The number of hydrogen-bond acceptors (Lipinski definition) is 3. The quantitative estimate of drug-likeness (QED) is 0.663. The number of carbonyl (C=O) groups is 1. The van der Waals surface area contributed by atoms with Crippen LogP contribution >= 0.6 is 0 Å². The minimum absolute atomic E-state index is 0.000611. The Morgan fingerprint density at radius 2 is 1.77 bits per heavy atom. The Kier molecular flexibility index (Phi) is 5.12. The second kappa shape index (κ2) is 7.61. The topological polar surface area (TPSA) is 66.5 Å². The number of hydrogen-bond donors (Lipinski definition) is 1. The van der Waals surface area contributed by atoms with Crippen molar-refractivity contribution in [3.63, 3.8) is 0 Å². The normalized spacial score (nSPS) is 13.4. The summed E-state index contributed by atoms with van der Waals surface area (Å²) in [4.78, 5) is 14.0. The van der Waals surface area contributed by atoms with Gasteiger partial charge in [-0.25, -0.2) is 8.42 Å². The van der Waals surface area contributed by atoms with Gasteiger partial charge in [0.05, 0.1) is 17.0 Å². The first-order valence-electron chi connectivity index (χ1n) is 9.79. The van der Waals surface area contributed by atoms with Crippen molar-refractivity contribution >= 4 is 38.0 Å². The molecule has 0 heterocycles. The van der Waals surface area contributed by atoms with Crippen LogP contribution in [0.2, 0.25) is 0 Å². The monoisotopic (exact) mass is 420 g/mol. The van der Waals surface area contributed by atoms with Gasteiger partial charge in [0.2, 0.25) is 5.91 Å². The van der Waals surface area contributed by atoms with Crippen molar-refractivity contribution in [2.24, 2.45) is 0 Å². The van der Waals surface area contributed by atoms with E-state index in [1.54, 1.807) is 37.2 Å². The summed E-state index contributed by atoms with van der Waals surface area (Å²) in [5.41, 5.74) is 4.48. The molecule has 1 N–H and O–H groups in total. The predicted octanol–water partition coefficient (Wildman–Crippen LogP) is 4.45. The molecule has 4 rings (SSSR count). The lowest BCUT2D eigenvalue weighted by Gasteiger charge is -2.14. The number of anilines is 1. The molecule has 0 aromatic heterocycles. The number of fused-ring (bicyclic) bond motifs is 2. The molecule has 1 aliphatic carbocycles. The first kappa shape index (κ1) is 20.2. The highest BCUT2D eigenvalue weighted by molar-refractivity contribution is 7.92. The van der Waals surface area contributed by atoms with E-state index in [4.69, 9.17) is 0 Å². The number of benzene rings is 3. The Morgan fingerprint density at radius 3 is 2.53 bits per heavy atom. The maximum absolute atomic E-state index is 13.2.